The smallest absolute Gasteiger partial charge is 0.0654 e. The molecule has 0 fully saturated rings. The third-order valence-electron chi connectivity index (χ3n) is 7.73. The van der Waals surface area contributed by atoms with Crippen LogP contribution in [0.15, 0.2) is 24.3 Å². The van der Waals surface area contributed by atoms with E-state index in [9.17, 15) is 10.2 Å². The molecule has 0 atom stereocenters. The Morgan fingerprint density at radius 2 is 0.556 bits per heavy atom. The normalized spacial score (nSPS) is 11.2. The van der Waals surface area contributed by atoms with Gasteiger partial charge in [-0.25, -0.2) is 0 Å². The Morgan fingerprint density at radius 1 is 0.356 bits per heavy atom. The zero-order valence-electron chi connectivity index (χ0n) is 32.0. The summed E-state index contributed by atoms with van der Waals surface area (Å²) in [5.74, 6) is 0. The van der Waals surface area contributed by atoms with Gasteiger partial charge in [-0.1, -0.05) is 106 Å². The summed E-state index contributed by atoms with van der Waals surface area (Å²) in [5, 5.41) is 19.1. The van der Waals surface area contributed by atoms with Crippen LogP contribution in [0.2, 0.25) is 9.45 Å². The van der Waals surface area contributed by atoms with E-state index < -0.39 is 12.2 Å². The zero-order valence-corrected chi connectivity index (χ0v) is 33.6. The van der Waals surface area contributed by atoms with Crippen LogP contribution in [0, 0.1) is 0 Å². The van der Waals surface area contributed by atoms with Gasteiger partial charge in [0, 0.05) is 0 Å². The summed E-state index contributed by atoms with van der Waals surface area (Å²) >= 11 is 0.385. The molecule has 2 nitrogen and oxygen atoms in total. The van der Waals surface area contributed by atoms with Crippen molar-refractivity contribution in [3.63, 3.8) is 0 Å². The number of allylic oxidation sites excluding steroid dienone is 4. The fraction of sp³-hybridized carbons (Fsp3) is 0.905. The van der Waals surface area contributed by atoms with Crippen molar-refractivity contribution in [2.45, 2.75) is 243 Å². The summed E-state index contributed by atoms with van der Waals surface area (Å²) in [6, 6.07) is 0. The summed E-state index contributed by atoms with van der Waals surface area (Å²) < 4.78 is 3.21. The van der Waals surface area contributed by atoms with Crippen molar-refractivity contribution in [2.75, 3.05) is 0 Å². The molecule has 0 rings (SSSR count). The molecule has 3 heteroatoms. The van der Waals surface area contributed by atoms with E-state index in [4.69, 9.17) is 0 Å². The van der Waals surface area contributed by atoms with Gasteiger partial charge in [0.2, 0.25) is 0 Å². The molecule has 0 bridgehead atoms. The van der Waals surface area contributed by atoms with Crippen LogP contribution in [0.25, 0.3) is 0 Å². The second kappa shape index (κ2) is 48.5. The minimum atomic E-state index is -0.417. The standard InChI is InChI=1S/2C18H35.2C3H7O.Ti/c2*1-3-5-7-9-11-13-15-17-18-16-14-12-10-8-6-4-2;2*1-3(2)4;/h2*17-18H,1,3-16H2,2H3;2*3H,1-2H3;/q;;2*-1;+2. The fourth-order valence-corrected chi connectivity index (χ4v) is 7.07. The molecule has 0 spiro atoms. The molecule has 0 aliphatic carbocycles. The van der Waals surface area contributed by atoms with Crippen molar-refractivity contribution in [3.05, 3.63) is 24.3 Å². The quantitative estimate of drug-likeness (QED) is 0.0407. The predicted molar refractivity (Wildman–Crippen MR) is 199 cm³/mol. The average Bonchev–Trinajstić information content (AvgIpc) is 2.99. The van der Waals surface area contributed by atoms with Gasteiger partial charge in [0.15, 0.2) is 0 Å². The Balaban J connectivity index is -0.00000195. The van der Waals surface area contributed by atoms with Crippen molar-refractivity contribution in [2.24, 2.45) is 0 Å². The molecule has 45 heavy (non-hydrogen) atoms. The van der Waals surface area contributed by atoms with Crippen LogP contribution >= 0.6 is 0 Å². The van der Waals surface area contributed by atoms with Crippen LogP contribution < -0.4 is 10.2 Å². The van der Waals surface area contributed by atoms with E-state index in [0.717, 1.165) is 0 Å². The summed E-state index contributed by atoms with van der Waals surface area (Å²) in [5.41, 5.74) is 0. The number of unbranched alkanes of at least 4 members (excludes halogenated alkanes) is 24. The third-order valence-corrected chi connectivity index (χ3v) is 9.94. The van der Waals surface area contributed by atoms with Gasteiger partial charge in [-0.15, -0.1) is 12.2 Å². The molecule has 0 heterocycles. The van der Waals surface area contributed by atoms with Crippen LogP contribution in [0.5, 0.6) is 0 Å². The molecular formula is C42H84O2Ti. The maximum atomic E-state index is 9.53. The summed E-state index contributed by atoms with van der Waals surface area (Å²) in [6.07, 6.45) is 49.0. The molecule has 0 aliphatic rings. The van der Waals surface area contributed by atoms with Crippen LogP contribution in [-0.2, 0) is 19.2 Å². The fourth-order valence-electron chi connectivity index (χ4n) is 5.12. The average molecular weight is 669 g/mol. The van der Waals surface area contributed by atoms with Crippen LogP contribution in [0.4, 0.5) is 0 Å². The molecular weight excluding hydrogens is 584 g/mol. The molecule has 268 valence electrons. The number of hydrogen-bond donors (Lipinski definition) is 0. The zero-order chi connectivity index (χ0) is 33.9. The van der Waals surface area contributed by atoms with Gasteiger partial charge in [0.05, 0.1) is 0 Å². The Bertz CT molecular complexity index is 477. The molecule has 0 amide bonds. The van der Waals surface area contributed by atoms with Gasteiger partial charge in [-0.2, -0.15) is 0 Å². The monoisotopic (exact) mass is 669 g/mol. The van der Waals surface area contributed by atoms with Gasteiger partial charge in [-0.3, -0.25) is 0 Å². The van der Waals surface area contributed by atoms with Crippen molar-refractivity contribution >= 4 is 0 Å². The first-order valence-corrected chi connectivity index (χ1v) is 22.4. The minimum absolute atomic E-state index is 0.385. The predicted octanol–water partition coefficient (Wildman–Crippen LogP) is 13.5. The second-order valence-electron chi connectivity index (χ2n) is 13.7. The van der Waals surface area contributed by atoms with E-state index in [1.165, 1.54) is 180 Å². The van der Waals surface area contributed by atoms with Crippen molar-refractivity contribution < 1.29 is 29.4 Å². The Labute approximate surface area is 295 Å². The third kappa shape index (κ3) is 67.2. The number of hydrogen-bond acceptors (Lipinski definition) is 2. The molecule has 0 saturated heterocycles. The van der Waals surface area contributed by atoms with Gasteiger partial charge >= 0.3 is 168 Å². The summed E-state index contributed by atoms with van der Waals surface area (Å²) in [4.78, 5) is 0. The molecule has 0 aliphatic heterocycles. The van der Waals surface area contributed by atoms with Crippen LogP contribution in [0.3, 0.4) is 0 Å². The van der Waals surface area contributed by atoms with E-state index in [-0.39, 0.29) is 0 Å². The Morgan fingerprint density at radius 3 is 0.800 bits per heavy atom. The van der Waals surface area contributed by atoms with Crippen molar-refractivity contribution in [1.82, 2.24) is 0 Å². The van der Waals surface area contributed by atoms with E-state index in [2.05, 4.69) is 38.2 Å². The Hall–Kier alpha value is 0.114. The second-order valence-corrected chi connectivity index (χ2v) is 16.1. The van der Waals surface area contributed by atoms with Gasteiger partial charge in [-0.05, 0) is 0 Å². The van der Waals surface area contributed by atoms with Gasteiger partial charge in [0.1, 0.15) is 0 Å². The van der Waals surface area contributed by atoms with E-state index in [1.807, 2.05) is 0 Å². The Kier molecular flexibility index (Phi) is 53.4. The molecule has 0 aromatic carbocycles. The van der Waals surface area contributed by atoms with Crippen LogP contribution in [0.1, 0.15) is 221 Å². The van der Waals surface area contributed by atoms with E-state index in [0.29, 0.717) is 19.2 Å². The minimum Gasteiger partial charge on any atom is -0.0654 e. The van der Waals surface area contributed by atoms with Crippen molar-refractivity contribution in [1.29, 1.82) is 0 Å². The summed E-state index contributed by atoms with van der Waals surface area (Å²) in [7, 11) is 0. The molecule has 0 saturated carbocycles. The van der Waals surface area contributed by atoms with Crippen LogP contribution in [-0.4, -0.2) is 12.2 Å². The molecule has 0 aromatic rings. The molecule has 0 N–H and O–H groups in total. The van der Waals surface area contributed by atoms with E-state index >= 15 is 0 Å². The molecule has 0 radical (unpaired) electrons. The first-order chi connectivity index (χ1) is 21.9. The first kappa shape index (κ1) is 49.5. The maximum absolute atomic E-state index is 9.53. The summed E-state index contributed by atoms with van der Waals surface area (Å²) in [6.45, 7) is 11.0. The molecule has 0 aromatic heterocycles. The topological polar surface area (TPSA) is 46.1 Å². The first-order valence-electron chi connectivity index (χ1n) is 20.2. The SMILES string of the molecule is CC(C)[O-].CC(C)[O-].CCCCCCCCC=CCCCCCCC[CH2][Ti+2][CH2]CCCCCCCC=CCCCCCCCC. The molecule has 0 unspecified atom stereocenters. The number of rotatable bonds is 32. The van der Waals surface area contributed by atoms with Gasteiger partial charge in [0.25, 0.3) is 0 Å². The van der Waals surface area contributed by atoms with Crippen molar-refractivity contribution in [3.8, 4) is 0 Å². The van der Waals surface area contributed by atoms with E-state index in [1.54, 1.807) is 37.1 Å². The van der Waals surface area contributed by atoms with Gasteiger partial charge < -0.3 is 10.2 Å².